The molecule has 0 radical (unpaired) electrons. The predicted octanol–water partition coefficient (Wildman–Crippen LogP) is 2.26. The van der Waals surface area contributed by atoms with Gasteiger partial charge in [0.15, 0.2) is 0 Å². The van der Waals surface area contributed by atoms with Crippen LogP contribution in [0.4, 0.5) is 17.6 Å². The molecule has 0 bridgehead atoms. The Morgan fingerprint density at radius 2 is 1.67 bits per heavy atom. The molecule has 0 amide bonds. The Morgan fingerprint density at radius 3 is 1.92 bits per heavy atom. The molecule has 0 heterocycles. The van der Waals surface area contributed by atoms with E-state index in [1.54, 1.807) is 0 Å². The van der Waals surface area contributed by atoms with Crippen LogP contribution in [0.1, 0.15) is 20.3 Å². The van der Waals surface area contributed by atoms with Gasteiger partial charge < -0.3 is 5.73 Å². The molecule has 74 valence electrons. The van der Waals surface area contributed by atoms with Crippen LogP contribution in [0, 0.1) is 5.41 Å². The van der Waals surface area contributed by atoms with Crippen molar-refractivity contribution in [2.24, 2.45) is 11.1 Å². The van der Waals surface area contributed by atoms with Crippen molar-refractivity contribution in [2.45, 2.75) is 32.6 Å². The summed E-state index contributed by atoms with van der Waals surface area (Å²) in [6, 6.07) is 0. The van der Waals surface area contributed by atoms with E-state index in [2.05, 4.69) is 0 Å². The molecule has 0 rings (SSSR count). The summed E-state index contributed by atoms with van der Waals surface area (Å²) in [5.74, 6) is 0. The normalized spacial score (nSPS) is 16.2. The number of hydrogen-bond donors (Lipinski definition) is 1. The van der Waals surface area contributed by atoms with Gasteiger partial charge in [0.25, 0.3) is 0 Å². The van der Waals surface area contributed by atoms with Crippen LogP contribution < -0.4 is 5.73 Å². The molecule has 0 fully saturated rings. The van der Waals surface area contributed by atoms with Crippen LogP contribution in [0.3, 0.4) is 0 Å². The lowest BCUT2D eigenvalue weighted by Gasteiger charge is -2.29. The molecular weight excluding hydrogens is 174 g/mol. The highest BCUT2D eigenvalue weighted by Crippen LogP contribution is 2.38. The van der Waals surface area contributed by atoms with Crippen LogP contribution in [0.2, 0.25) is 0 Å². The van der Waals surface area contributed by atoms with Crippen molar-refractivity contribution in [1.82, 2.24) is 0 Å². The van der Waals surface area contributed by atoms with Gasteiger partial charge in [-0.05, 0) is 13.0 Å². The van der Waals surface area contributed by atoms with Crippen molar-refractivity contribution in [2.75, 3.05) is 6.54 Å². The number of alkyl halides is 4. The topological polar surface area (TPSA) is 26.0 Å². The Kier molecular flexibility index (Phi) is 3.50. The maximum Gasteiger partial charge on any atom is 0.420 e. The largest absolute Gasteiger partial charge is 0.420 e. The summed E-state index contributed by atoms with van der Waals surface area (Å²) in [6.45, 7) is 2.50. The Balaban J connectivity index is 4.34. The Bertz CT molecular complexity index is 141. The minimum atomic E-state index is -4.78. The second kappa shape index (κ2) is 3.60. The molecule has 0 aliphatic rings. The SMILES string of the molecule is CC(C)(CCN)C(F)C(F)(F)F. The second-order valence-electron chi connectivity index (χ2n) is 3.43. The molecule has 0 aromatic rings. The van der Waals surface area contributed by atoms with Crippen molar-refractivity contribution in [3.05, 3.63) is 0 Å². The molecule has 5 heteroatoms. The summed E-state index contributed by atoms with van der Waals surface area (Å²) < 4.78 is 48.3. The molecule has 0 aliphatic carbocycles. The fraction of sp³-hybridized carbons (Fsp3) is 1.00. The summed E-state index contributed by atoms with van der Waals surface area (Å²) in [5.41, 5.74) is 3.64. The first-order chi connectivity index (χ1) is 5.22. The third kappa shape index (κ3) is 2.97. The zero-order valence-electron chi connectivity index (χ0n) is 7.08. The molecule has 12 heavy (non-hydrogen) atoms. The molecule has 0 aromatic heterocycles. The highest BCUT2D eigenvalue weighted by atomic mass is 19.4. The number of halogens is 4. The maximum atomic E-state index is 12.7. The van der Waals surface area contributed by atoms with E-state index in [9.17, 15) is 17.6 Å². The quantitative estimate of drug-likeness (QED) is 0.674. The first-order valence-electron chi connectivity index (χ1n) is 3.62. The van der Waals surface area contributed by atoms with E-state index in [-0.39, 0.29) is 13.0 Å². The molecule has 0 spiro atoms. The fourth-order valence-corrected chi connectivity index (χ4v) is 0.942. The van der Waals surface area contributed by atoms with E-state index in [4.69, 9.17) is 5.73 Å². The van der Waals surface area contributed by atoms with Gasteiger partial charge in [-0.15, -0.1) is 0 Å². The van der Waals surface area contributed by atoms with E-state index >= 15 is 0 Å². The highest BCUT2D eigenvalue weighted by Gasteiger charge is 2.49. The Morgan fingerprint density at radius 1 is 1.25 bits per heavy atom. The third-order valence-corrected chi connectivity index (χ3v) is 1.76. The average Bonchev–Trinajstić information content (AvgIpc) is 1.84. The average molecular weight is 187 g/mol. The minimum Gasteiger partial charge on any atom is -0.330 e. The van der Waals surface area contributed by atoms with Crippen molar-refractivity contribution in [3.63, 3.8) is 0 Å². The zero-order chi connectivity index (χ0) is 9.99. The summed E-state index contributed by atoms with van der Waals surface area (Å²) in [6.07, 6.45) is -7.56. The minimum absolute atomic E-state index is 0.0215. The van der Waals surface area contributed by atoms with Gasteiger partial charge in [0.05, 0.1) is 0 Å². The third-order valence-electron chi connectivity index (χ3n) is 1.76. The van der Waals surface area contributed by atoms with Crippen LogP contribution in [-0.2, 0) is 0 Å². The van der Waals surface area contributed by atoms with Crippen molar-refractivity contribution < 1.29 is 17.6 Å². The van der Waals surface area contributed by atoms with E-state index < -0.39 is 17.8 Å². The Hall–Kier alpha value is -0.320. The van der Waals surface area contributed by atoms with Crippen LogP contribution in [0.5, 0.6) is 0 Å². The molecule has 1 nitrogen and oxygen atoms in total. The smallest absolute Gasteiger partial charge is 0.330 e. The van der Waals surface area contributed by atoms with E-state index in [1.807, 2.05) is 0 Å². The second-order valence-corrected chi connectivity index (χ2v) is 3.43. The van der Waals surface area contributed by atoms with Crippen LogP contribution in [0.25, 0.3) is 0 Å². The summed E-state index contributed by atoms with van der Waals surface area (Å²) in [5, 5.41) is 0. The van der Waals surface area contributed by atoms with Gasteiger partial charge in [0.2, 0.25) is 6.17 Å². The Labute approximate surface area is 68.9 Å². The van der Waals surface area contributed by atoms with E-state index in [1.165, 1.54) is 13.8 Å². The van der Waals surface area contributed by atoms with Gasteiger partial charge in [-0.25, -0.2) is 4.39 Å². The van der Waals surface area contributed by atoms with Crippen molar-refractivity contribution >= 4 is 0 Å². The monoisotopic (exact) mass is 187 g/mol. The number of hydrogen-bond acceptors (Lipinski definition) is 1. The fourth-order valence-electron chi connectivity index (χ4n) is 0.942. The first kappa shape index (κ1) is 11.7. The lowest BCUT2D eigenvalue weighted by Crippen LogP contribution is -2.39. The van der Waals surface area contributed by atoms with Crippen LogP contribution >= 0.6 is 0 Å². The van der Waals surface area contributed by atoms with E-state index in [0.29, 0.717) is 0 Å². The van der Waals surface area contributed by atoms with Gasteiger partial charge in [-0.3, -0.25) is 0 Å². The van der Waals surface area contributed by atoms with Crippen LogP contribution in [-0.4, -0.2) is 18.9 Å². The molecule has 0 aromatic carbocycles. The molecular formula is C7H13F4N. The summed E-state index contributed by atoms with van der Waals surface area (Å²) in [7, 11) is 0. The van der Waals surface area contributed by atoms with E-state index in [0.717, 1.165) is 0 Å². The van der Waals surface area contributed by atoms with Gasteiger partial charge in [0, 0.05) is 5.41 Å². The molecule has 2 N–H and O–H groups in total. The molecule has 1 atom stereocenters. The summed E-state index contributed by atoms with van der Waals surface area (Å²) >= 11 is 0. The lowest BCUT2D eigenvalue weighted by atomic mass is 9.84. The molecule has 0 saturated heterocycles. The zero-order valence-corrected chi connectivity index (χ0v) is 7.08. The lowest BCUT2D eigenvalue weighted by molar-refractivity contribution is -0.208. The number of nitrogens with two attached hydrogens (primary N) is 1. The van der Waals surface area contributed by atoms with Gasteiger partial charge in [-0.2, -0.15) is 13.2 Å². The van der Waals surface area contributed by atoms with Crippen molar-refractivity contribution in [3.8, 4) is 0 Å². The maximum absolute atomic E-state index is 12.7. The molecule has 0 saturated carbocycles. The van der Waals surface area contributed by atoms with Gasteiger partial charge in [0.1, 0.15) is 0 Å². The van der Waals surface area contributed by atoms with Crippen LogP contribution in [0.15, 0.2) is 0 Å². The predicted molar refractivity (Wildman–Crippen MR) is 38.4 cm³/mol. The highest BCUT2D eigenvalue weighted by molar-refractivity contribution is 4.83. The van der Waals surface area contributed by atoms with Crippen molar-refractivity contribution in [1.29, 1.82) is 0 Å². The van der Waals surface area contributed by atoms with Gasteiger partial charge >= 0.3 is 6.18 Å². The first-order valence-corrected chi connectivity index (χ1v) is 3.62. The molecule has 1 unspecified atom stereocenters. The summed E-state index contributed by atoms with van der Waals surface area (Å²) in [4.78, 5) is 0. The molecule has 0 aliphatic heterocycles. The van der Waals surface area contributed by atoms with Gasteiger partial charge in [-0.1, -0.05) is 13.8 Å². The standard InChI is InChI=1S/C7H13F4N/c1-6(2,3-4-12)5(8)7(9,10)11/h5H,3-4,12H2,1-2H3. The number of rotatable bonds is 3.